The molecule has 0 atom stereocenters. The molecule has 1 aliphatic carbocycles. The molecule has 1 fully saturated rings. The van der Waals surface area contributed by atoms with Gasteiger partial charge in [0.05, 0.1) is 0 Å². The van der Waals surface area contributed by atoms with E-state index in [9.17, 15) is 0 Å². The molecular weight excluding hydrogens is 250 g/mol. The van der Waals surface area contributed by atoms with Gasteiger partial charge in [0, 0.05) is 21.8 Å². The van der Waals surface area contributed by atoms with E-state index in [1.165, 1.54) is 41.0 Å². The summed E-state index contributed by atoms with van der Waals surface area (Å²) >= 11 is 1.91. The second-order valence-electron chi connectivity index (χ2n) is 5.47. The van der Waals surface area contributed by atoms with Crippen LogP contribution in [0.1, 0.15) is 37.5 Å². The monoisotopic (exact) mass is 271 g/mol. The molecule has 2 aromatic rings. The highest BCUT2D eigenvalue weighted by atomic mass is 32.1. The zero-order valence-electron chi connectivity index (χ0n) is 11.5. The average molecular weight is 271 g/mol. The van der Waals surface area contributed by atoms with Crippen LogP contribution >= 0.6 is 11.3 Å². The lowest BCUT2D eigenvalue weighted by atomic mass is 9.75. The largest absolute Gasteiger partial charge is 0.306 e. The molecule has 3 rings (SSSR count). The fraction of sp³-hybridized carbons (Fsp3) is 0.412. The first-order valence-corrected chi connectivity index (χ1v) is 8.02. The summed E-state index contributed by atoms with van der Waals surface area (Å²) in [6, 6.07) is 15.2. The van der Waals surface area contributed by atoms with Gasteiger partial charge in [0.15, 0.2) is 0 Å². The van der Waals surface area contributed by atoms with Gasteiger partial charge in [-0.25, -0.2) is 0 Å². The molecule has 1 aromatic heterocycles. The number of hydrogen-bond acceptors (Lipinski definition) is 2. The van der Waals surface area contributed by atoms with Crippen molar-refractivity contribution in [1.82, 2.24) is 5.32 Å². The van der Waals surface area contributed by atoms with Gasteiger partial charge in [-0.15, -0.1) is 11.3 Å². The first kappa shape index (κ1) is 12.9. The molecule has 1 saturated carbocycles. The predicted molar refractivity (Wildman–Crippen MR) is 83.5 cm³/mol. The normalized spacial score (nSPS) is 17.1. The van der Waals surface area contributed by atoms with Crippen LogP contribution in [0.2, 0.25) is 0 Å². The van der Waals surface area contributed by atoms with Gasteiger partial charge in [0.2, 0.25) is 0 Å². The Labute approximate surface area is 119 Å². The smallest absolute Gasteiger partial charge is 0.0346 e. The first-order valence-electron chi connectivity index (χ1n) is 7.20. The van der Waals surface area contributed by atoms with Gasteiger partial charge in [-0.3, -0.25) is 0 Å². The Balaban J connectivity index is 1.65. The van der Waals surface area contributed by atoms with Crippen LogP contribution in [-0.2, 0) is 6.54 Å². The van der Waals surface area contributed by atoms with Crippen molar-refractivity contribution >= 4 is 11.3 Å². The van der Waals surface area contributed by atoms with Crippen molar-refractivity contribution in [2.24, 2.45) is 0 Å². The Bertz CT molecular complexity index is 520. The Morgan fingerprint density at radius 2 is 1.89 bits per heavy atom. The molecule has 0 unspecified atom stereocenters. The summed E-state index contributed by atoms with van der Waals surface area (Å²) in [6.07, 6.45) is 5.34. The Morgan fingerprint density at radius 1 is 1.11 bits per heavy atom. The Hall–Kier alpha value is -1.12. The third-order valence-corrected chi connectivity index (χ3v) is 5.48. The summed E-state index contributed by atoms with van der Waals surface area (Å²) in [6.45, 7) is 3.32. The molecule has 0 amide bonds. The van der Waals surface area contributed by atoms with Crippen LogP contribution in [0.3, 0.4) is 0 Å². The zero-order valence-corrected chi connectivity index (χ0v) is 12.3. The lowest BCUT2D eigenvalue weighted by molar-refractivity contribution is 0.176. The first-order chi connectivity index (χ1) is 9.31. The maximum absolute atomic E-state index is 3.77. The molecule has 0 saturated heterocycles. The molecule has 0 aliphatic heterocycles. The highest BCUT2D eigenvalue weighted by Gasteiger charge is 2.34. The van der Waals surface area contributed by atoms with Gasteiger partial charge in [-0.2, -0.15) is 0 Å². The van der Waals surface area contributed by atoms with Crippen LogP contribution in [-0.4, -0.2) is 5.54 Å². The van der Waals surface area contributed by atoms with Crippen LogP contribution in [0, 0.1) is 0 Å². The Morgan fingerprint density at radius 3 is 2.53 bits per heavy atom. The van der Waals surface area contributed by atoms with Crippen molar-refractivity contribution < 1.29 is 0 Å². The lowest BCUT2D eigenvalue weighted by Crippen LogP contribution is -2.49. The standard InChI is InChI=1S/C17H21NS/c1-2-17(11-6-12-17)18-13-15-9-10-16(19-15)14-7-4-3-5-8-14/h3-5,7-10,18H,2,6,11-13H2,1H3. The summed E-state index contributed by atoms with van der Waals surface area (Å²) in [5.41, 5.74) is 1.77. The summed E-state index contributed by atoms with van der Waals surface area (Å²) in [7, 11) is 0. The molecule has 1 aromatic carbocycles. The fourth-order valence-corrected chi connectivity index (χ4v) is 3.72. The maximum Gasteiger partial charge on any atom is 0.0346 e. The third kappa shape index (κ3) is 2.75. The fourth-order valence-electron chi connectivity index (χ4n) is 2.76. The topological polar surface area (TPSA) is 12.0 Å². The summed E-state index contributed by atoms with van der Waals surface area (Å²) in [5.74, 6) is 0. The van der Waals surface area contributed by atoms with E-state index in [1.54, 1.807) is 0 Å². The molecule has 0 radical (unpaired) electrons. The van der Waals surface area contributed by atoms with Crippen molar-refractivity contribution in [1.29, 1.82) is 0 Å². The third-order valence-electron chi connectivity index (χ3n) is 4.35. The minimum absolute atomic E-state index is 0.441. The van der Waals surface area contributed by atoms with Gasteiger partial charge in [-0.05, 0) is 43.4 Å². The van der Waals surface area contributed by atoms with Crippen molar-refractivity contribution in [2.75, 3.05) is 0 Å². The van der Waals surface area contributed by atoms with Crippen LogP contribution in [0.15, 0.2) is 42.5 Å². The summed E-state index contributed by atoms with van der Waals surface area (Å²) < 4.78 is 0. The van der Waals surface area contributed by atoms with E-state index in [-0.39, 0.29) is 0 Å². The van der Waals surface area contributed by atoms with Crippen molar-refractivity contribution in [3.63, 3.8) is 0 Å². The van der Waals surface area contributed by atoms with Crippen LogP contribution in [0.25, 0.3) is 10.4 Å². The SMILES string of the molecule is CCC1(NCc2ccc(-c3ccccc3)s2)CCC1. The number of benzene rings is 1. The number of thiophene rings is 1. The number of nitrogens with one attached hydrogen (secondary N) is 1. The highest BCUT2D eigenvalue weighted by molar-refractivity contribution is 7.15. The molecule has 1 nitrogen and oxygen atoms in total. The quantitative estimate of drug-likeness (QED) is 0.820. The molecule has 19 heavy (non-hydrogen) atoms. The van der Waals surface area contributed by atoms with E-state index < -0.39 is 0 Å². The molecule has 1 N–H and O–H groups in total. The molecule has 1 aliphatic rings. The second kappa shape index (κ2) is 5.48. The average Bonchev–Trinajstić information content (AvgIpc) is 2.88. The van der Waals surface area contributed by atoms with Crippen molar-refractivity contribution in [2.45, 2.75) is 44.7 Å². The van der Waals surface area contributed by atoms with Gasteiger partial charge >= 0.3 is 0 Å². The van der Waals surface area contributed by atoms with Gasteiger partial charge in [-0.1, -0.05) is 37.3 Å². The molecule has 1 heterocycles. The number of hydrogen-bond donors (Lipinski definition) is 1. The summed E-state index contributed by atoms with van der Waals surface area (Å²) in [4.78, 5) is 2.81. The molecule has 0 bridgehead atoms. The van der Waals surface area contributed by atoms with E-state index in [4.69, 9.17) is 0 Å². The van der Waals surface area contributed by atoms with E-state index in [2.05, 4.69) is 54.7 Å². The molecule has 2 heteroatoms. The molecular formula is C17H21NS. The minimum atomic E-state index is 0.441. The second-order valence-corrected chi connectivity index (χ2v) is 6.64. The number of rotatable bonds is 5. The van der Waals surface area contributed by atoms with E-state index >= 15 is 0 Å². The molecule has 100 valence electrons. The predicted octanol–water partition coefficient (Wildman–Crippen LogP) is 4.84. The Kier molecular flexibility index (Phi) is 3.72. The van der Waals surface area contributed by atoms with Gasteiger partial charge in [0.1, 0.15) is 0 Å². The minimum Gasteiger partial charge on any atom is -0.306 e. The maximum atomic E-state index is 3.77. The van der Waals surface area contributed by atoms with Crippen molar-refractivity contribution in [3.8, 4) is 10.4 Å². The van der Waals surface area contributed by atoms with E-state index in [0.717, 1.165) is 6.54 Å². The lowest BCUT2D eigenvalue weighted by Gasteiger charge is -2.42. The highest BCUT2D eigenvalue weighted by Crippen LogP contribution is 2.35. The van der Waals surface area contributed by atoms with Crippen LogP contribution < -0.4 is 5.32 Å². The van der Waals surface area contributed by atoms with Gasteiger partial charge < -0.3 is 5.32 Å². The van der Waals surface area contributed by atoms with Crippen LogP contribution in [0.4, 0.5) is 0 Å². The molecule has 0 spiro atoms. The zero-order chi connectivity index (χ0) is 13.1. The summed E-state index contributed by atoms with van der Waals surface area (Å²) in [5, 5.41) is 3.77. The van der Waals surface area contributed by atoms with Crippen LogP contribution in [0.5, 0.6) is 0 Å². The van der Waals surface area contributed by atoms with Crippen molar-refractivity contribution in [3.05, 3.63) is 47.3 Å². The van der Waals surface area contributed by atoms with Gasteiger partial charge in [0.25, 0.3) is 0 Å². The van der Waals surface area contributed by atoms with E-state index in [0.29, 0.717) is 5.54 Å². The van der Waals surface area contributed by atoms with E-state index in [1.807, 2.05) is 11.3 Å².